The fourth-order valence-corrected chi connectivity index (χ4v) is 3.79. The lowest BCUT2D eigenvalue weighted by Crippen LogP contribution is -2.26. The summed E-state index contributed by atoms with van der Waals surface area (Å²) in [7, 11) is 0. The van der Waals surface area contributed by atoms with Gasteiger partial charge in [0.2, 0.25) is 0 Å². The summed E-state index contributed by atoms with van der Waals surface area (Å²) < 4.78 is 1.95. The van der Waals surface area contributed by atoms with Crippen LogP contribution in [0.25, 0.3) is 5.65 Å². The second-order valence-corrected chi connectivity index (χ2v) is 7.01. The van der Waals surface area contributed by atoms with Crippen LogP contribution in [0.2, 0.25) is 0 Å². The van der Waals surface area contributed by atoms with Crippen LogP contribution in [0.4, 0.5) is 0 Å². The molecule has 2 aromatic heterocycles. The summed E-state index contributed by atoms with van der Waals surface area (Å²) in [6.07, 6.45) is 9.15. The molecule has 0 atom stereocenters. The smallest absolute Gasteiger partial charge is 0.251 e. The Hall–Kier alpha value is -2.69. The zero-order valence-corrected chi connectivity index (χ0v) is 14.9. The average Bonchev–Trinajstić information content (AvgIpc) is 3.12. The molecule has 0 saturated heterocycles. The fourth-order valence-electron chi connectivity index (χ4n) is 3.79. The van der Waals surface area contributed by atoms with E-state index in [9.17, 15) is 4.79 Å². The molecule has 1 N–H and O–H groups in total. The van der Waals surface area contributed by atoms with Gasteiger partial charge in [-0.2, -0.15) is 0 Å². The molecule has 3 aromatic rings. The second-order valence-electron chi connectivity index (χ2n) is 7.01. The number of rotatable bonds is 5. The Morgan fingerprint density at radius 1 is 1.04 bits per heavy atom. The molecule has 1 fully saturated rings. The van der Waals surface area contributed by atoms with E-state index in [2.05, 4.69) is 27.6 Å². The van der Waals surface area contributed by atoms with Crippen molar-refractivity contribution in [2.24, 2.45) is 0 Å². The number of aromatic nitrogens is 3. The average molecular weight is 348 g/mol. The van der Waals surface area contributed by atoms with Crippen molar-refractivity contribution < 1.29 is 4.79 Å². The molecular weight excluding hydrogens is 324 g/mol. The number of fused-ring (bicyclic) bond motifs is 1. The van der Waals surface area contributed by atoms with Crippen LogP contribution in [-0.2, 0) is 6.42 Å². The number of nitrogens with zero attached hydrogens (tertiary/aromatic N) is 3. The molecule has 26 heavy (non-hydrogen) atoms. The lowest BCUT2D eigenvalue weighted by Gasteiger charge is -2.22. The van der Waals surface area contributed by atoms with Crippen LogP contribution in [0, 0.1) is 0 Å². The predicted molar refractivity (Wildman–Crippen MR) is 101 cm³/mol. The first kappa shape index (κ1) is 16.8. The Labute approximate surface area is 153 Å². The van der Waals surface area contributed by atoms with Gasteiger partial charge in [-0.1, -0.05) is 37.5 Å². The van der Waals surface area contributed by atoms with Gasteiger partial charge in [0.25, 0.3) is 5.91 Å². The predicted octanol–water partition coefficient (Wildman–Crippen LogP) is 3.75. The molecule has 0 spiro atoms. The van der Waals surface area contributed by atoms with E-state index < -0.39 is 0 Å². The van der Waals surface area contributed by atoms with E-state index in [-0.39, 0.29) is 5.91 Å². The van der Waals surface area contributed by atoms with Crippen LogP contribution >= 0.6 is 0 Å². The maximum atomic E-state index is 12.4. The summed E-state index contributed by atoms with van der Waals surface area (Å²) in [5.74, 6) is 1.49. The van der Waals surface area contributed by atoms with Crippen molar-refractivity contribution >= 4 is 11.6 Å². The van der Waals surface area contributed by atoms with Crippen LogP contribution in [0.5, 0.6) is 0 Å². The van der Waals surface area contributed by atoms with Crippen molar-refractivity contribution in [2.45, 2.75) is 44.4 Å². The van der Waals surface area contributed by atoms with E-state index in [0.717, 1.165) is 17.0 Å². The molecule has 1 aromatic carbocycles. The number of carbonyl (C=O) groups excluding carboxylic acids is 1. The van der Waals surface area contributed by atoms with E-state index in [1.54, 1.807) is 0 Å². The van der Waals surface area contributed by atoms with Crippen LogP contribution in [0.1, 0.15) is 59.8 Å². The van der Waals surface area contributed by atoms with Gasteiger partial charge in [0, 0.05) is 24.7 Å². The van der Waals surface area contributed by atoms with E-state index in [4.69, 9.17) is 0 Å². The van der Waals surface area contributed by atoms with Gasteiger partial charge in [0.15, 0.2) is 5.65 Å². The number of carbonyl (C=O) groups is 1. The third kappa shape index (κ3) is 3.62. The van der Waals surface area contributed by atoms with E-state index in [1.807, 2.05) is 40.9 Å². The van der Waals surface area contributed by atoms with Crippen LogP contribution in [0.3, 0.4) is 0 Å². The number of nitrogens with one attached hydrogen (secondary N) is 1. The molecule has 1 aliphatic rings. The van der Waals surface area contributed by atoms with Gasteiger partial charge in [0.05, 0.1) is 0 Å². The molecular formula is C21H24N4O. The van der Waals surface area contributed by atoms with Crippen LogP contribution in [0.15, 0.2) is 48.7 Å². The Balaban J connectivity index is 1.33. The van der Waals surface area contributed by atoms with Crippen LogP contribution < -0.4 is 5.32 Å². The zero-order valence-electron chi connectivity index (χ0n) is 14.9. The third-order valence-corrected chi connectivity index (χ3v) is 5.27. The summed E-state index contributed by atoms with van der Waals surface area (Å²) >= 11 is 0. The molecule has 1 aliphatic carbocycles. The third-order valence-electron chi connectivity index (χ3n) is 5.27. The lowest BCUT2D eigenvalue weighted by molar-refractivity contribution is 0.0954. The van der Waals surface area contributed by atoms with Gasteiger partial charge in [0.1, 0.15) is 5.82 Å². The summed E-state index contributed by atoms with van der Waals surface area (Å²) in [6.45, 7) is 0.541. The minimum Gasteiger partial charge on any atom is -0.352 e. The molecule has 0 aliphatic heterocycles. The first-order valence-corrected chi connectivity index (χ1v) is 9.48. The number of amides is 1. The van der Waals surface area contributed by atoms with Crippen LogP contribution in [-0.4, -0.2) is 27.0 Å². The first-order valence-electron chi connectivity index (χ1n) is 9.48. The van der Waals surface area contributed by atoms with Gasteiger partial charge < -0.3 is 5.32 Å². The molecule has 1 saturated carbocycles. The molecule has 1 amide bonds. The van der Waals surface area contributed by atoms with Gasteiger partial charge >= 0.3 is 0 Å². The molecule has 5 heteroatoms. The van der Waals surface area contributed by atoms with Gasteiger partial charge in [-0.15, -0.1) is 10.2 Å². The van der Waals surface area contributed by atoms with Crippen molar-refractivity contribution in [3.8, 4) is 0 Å². The van der Waals surface area contributed by atoms with Crippen molar-refractivity contribution in [3.63, 3.8) is 0 Å². The molecule has 4 rings (SSSR count). The summed E-state index contributed by atoms with van der Waals surface area (Å²) in [6, 6.07) is 14.0. The minimum absolute atomic E-state index is 0.0333. The topological polar surface area (TPSA) is 59.3 Å². The largest absolute Gasteiger partial charge is 0.352 e. The lowest BCUT2D eigenvalue weighted by atomic mass is 9.84. The maximum Gasteiger partial charge on any atom is 0.251 e. The highest BCUT2D eigenvalue weighted by molar-refractivity contribution is 5.94. The molecule has 0 unspecified atom stereocenters. The van der Waals surface area contributed by atoms with Gasteiger partial charge in [-0.05, 0) is 48.6 Å². The van der Waals surface area contributed by atoms with E-state index >= 15 is 0 Å². The molecule has 0 radical (unpaired) electrons. The Bertz CT molecular complexity index is 878. The Morgan fingerprint density at radius 3 is 2.65 bits per heavy atom. The van der Waals surface area contributed by atoms with Gasteiger partial charge in [-0.25, -0.2) is 0 Å². The minimum atomic E-state index is -0.0333. The summed E-state index contributed by atoms with van der Waals surface area (Å²) in [5.41, 5.74) is 2.92. The van der Waals surface area contributed by atoms with Crippen molar-refractivity contribution in [2.75, 3.05) is 6.54 Å². The molecule has 134 valence electrons. The maximum absolute atomic E-state index is 12.4. The molecule has 0 bridgehead atoms. The number of pyridine rings is 1. The van der Waals surface area contributed by atoms with Crippen molar-refractivity contribution in [3.05, 3.63) is 65.6 Å². The van der Waals surface area contributed by atoms with E-state index in [0.29, 0.717) is 18.9 Å². The zero-order chi connectivity index (χ0) is 17.8. The second kappa shape index (κ2) is 7.68. The summed E-state index contributed by atoms with van der Waals surface area (Å²) in [4.78, 5) is 12.4. The quantitative estimate of drug-likeness (QED) is 0.764. The standard InChI is InChI=1S/C21H24N4O/c26-21(18-11-9-17(10-12-18)16-6-2-1-3-7-16)22-14-13-20-24-23-19-8-4-5-15-25(19)20/h4-5,8-12,15-16H,1-3,6-7,13-14H2,(H,22,26). The number of hydrogen-bond donors (Lipinski definition) is 1. The highest BCUT2D eigenvalue weighted by Gasteiger charge is 2.16. The van der Waals surface area contributed by atoms with Crippen molar-refractivity contribution in [1.82, 2.24) is 19.9 Å². The molecule has 2 heterocycles. The van der Waals surface area contributed by atoms with Crippen molar-refractivity contribution in [1.29, 1.82) is 0 Å². The normalized spacial score (nSPS) is 15.2. The number of hydrogen-bond acceptors (Lipinski definition) is 3. The Morgan fingerprint density at radius 2 is 1.85 bits per heavy atom. The number of benzene rings is 1. The first-order chi connectivity index (χ1) is 12.8. The summed E-state index contributed by atoms with van der Waals surface area (Å²) in [5, 5.41) is 11.3. The van der Waals surface area contributed by atoms with E-state index in [1.165, 1.54) is 37.7 Å². The highest BCUT2D eigenvalue weighted by Crippen LogP contribution is 2.32. The molecule has 5 nitrogen and oxygen atoms in total. The fraction of sp³-hybridized carbons (Fsp3) is 0.381. The highest BCUT2D eigenvalue weighted by atomic mass is 16.1. The van der Waals surface area contributed by atoms with Gasteiger partial charge in [-0.3, -0.25) is 9.20 Å². The SMILES string of the molecule is O=C(NCCc1nnc2ccccn12)c1ccc(C2CCCCC2)cc1. The Kier molecular flexibility index (Phi) is 4.95. The monoisotopic (exact) mass is 348 g/mol.